The second-order valence-electron chi connectivity index (χ2n) is 4.42. The Kier molecular flexibility index (Phi) is 3.10. The molecule has 0 spiro atoms. The molecule has 0 aliphatic heterocycles. The van der Waals surface area contributed by atoms with Crippen molar-refractivity contribution in [3.8, 4) is 0 Å². The van der Waals surface area contributed by atoms with Crippen LogP contribution in [-0.4, -0.2) is 4.57 Å². The number of benzene rings is 2. The van der Waals surface area contributed by atoms with Crippen LogP contribution in [0.15, 0.2) is 50.1 Å². The van der Waals surface area contributed by atoms with Gasteiger partial charge in [0.15, 0.2) is 5.58 Å². The van der Waals surface area contributed by atoms with Gasteiger partial charge >= 0.3 is 5.76 Å². The van der Waals surface area contributed by atoms with Crippen LogP contribution >= 0.6 is 15.9 Å². The fourth-order valence-electron chi connectivity index (χ4n) is 2.07. The Morgan fingerprint density at radius 1 is 1.25 bits per heavy atom. The zero-order valence-electron chi connectivity index (χ0n) is 10.3. The van der Waals surface area contributed by atoms with Crippen LogP contribution in [0.4, 0.5) is 10.1 Å². The summed E-state index contributed by atoms with van der Waals surface area (Å²) in [6.07, 6.45) is 0. The van der Waals surface area contributed by atoms with E-state index in [1.54, 1.807) is 24.3 Å². The molecule has 3 rings (SSSR count). The van der Waals surface area contributed by atoms with Gasteiger partial charge in [0.1, 0.15) is 5.82 Å². The average Bonchev–Trinajstić information content (AvgIpc) is 2.69. The Morgan fingerprint density at radius 3 is 2.85 bits per heavy atom. The van der Waals surface area contributed by atoms with Gasteiger partial charge in [-0.3, -0.25) is 4.57 Å². The second-order valence-corrected chi connectivity index (χ2v) is 5.27. The van der Waals surface area contributed by atoms with Crippen molar-refractivity contribution in [3.63, 3.8) is 0 Å². The summed E-state index contributed by atoms with van der Waals surface area (Å²) in [7, 11) is 0. The highest BCUT2D eigenvalue weighted by Gasteiger charge is 2.11. The summed E-state index contributed by atoms with van der Waals surface area (Å²) in [5.74, 6) is -0.852. The molecule has 20 heavy (non-hydrogen) atoms. The van der Waals surface area contributed by atoms with Crippen LogP contribution < -0.4 is 11.5 Å². The number of rotatable bonds is 2. The summed E-state index contributed by atoms with van der Waals surface area (Å²) < 4.78 is 20.6. The molecule has 0 radical (unpaired) electrons. The second kappa shape index (κ2) is 4.79. The van der Waals surface area contributed by atoms with Crippen molar-refractivity contribution in [1.82, 2.24) is 4.57 Å². The first-order valence-corrected chi connectivity index (χ1v) is 6.67. The van der Waals surface area contributed by atoms with Gasteiger partial charge in [-0.1, -0.05) is 15.9 Å². The van der Waals surface area contributed by atoms with Crippen LogP contribution in [-0.2, 0) is 6.54 Å². The Bertz CT molecular complexity index is 854. The predicted octanol–water partition coefficient (Wildman–Crippen LogP) is 3.13. The van der Waals surface area contributed by atoms with Gasteiger partial charge in [-0.25, -0.2) is 9.18 Å². The standard InChI is InChI=1S/C14H10BrFN2O2/c15-11-3-1-9(16)5-8(11)7-18-12-4-2-10(17)6-13(12)20-14(18)19/h1-6H,7,17H2. The van der Waals surface area contributed by atoms with Gasteiger partial charge in [0.2, 0.25) is 0 Å². The lowest BCUT2D eigenvalue weighted by Crippen LogP contribution is -2.15. The first kappa shape index (κ1) is 12.9. The predicted molar refractivity (Wildman–Crippen MR) is 78.1 cm³/mol. The first-order chi connectivity index (χ1) is 9.54. The van der Waals surface area contributed by atoms with Gasteiger partial charge in [-0.2, -0.15) is 0 Å². The van der Waals surface area contributed by atoms with E-state index < -0.39 is 5.76 Å². The van der Waals surface area contributed by atoms with Crippen molar-refractivity contribution in [3.05, 3.63) is 62.8 Å². The van der Waals surface area contributed by atoms with Crippen LogP contribution in [0.1, 0.15) is 5.56 Å². The maximum absolute atomic E-state index is 13.3. The molecular formula is C14H10BrFN2O2. The molecule has 0 aliphatic carbocycles. The lowest BCUT2D eigenvalue weighted by molar-refractivity contribution is 0.517. The molecule has 2 N–H and O–H groups in total. The lowest BCUT2D eigenvalue weighted by Gasteiger charge is -2.05. The van der Waals surface area contributed by atoms with E-state index in [1.807, 2.05) is 0 Å². The molecule has 0 saturated heterocycles. The van der Waals surface area contributed by atoms with E-state index in [2.05, 4.69) is 15.9 Å². The number of hydrogen-bond donors (Lipinski definition) is 1. The Morgan fingerprint density at radius 2 is 2.05 bits per heavy atom. The van der Waals surface area contributed by atoms with E-state index in [9.17, 15) is 9.18 Å². The van der Waals surface area contributed by atoms with Crippen molar-refractivity contribution >= 4 is 32.7 Å². The van der Waals surface area contributed by atoms with E-state index in [4.69, 9.17) is 10.2 Å². The average molecular weight is 337 g/mol. The van der Waals surface area contributed by atoms with Crippen LogP contribution in [0.3, 0.4) is 0 Å². The van der Waals surface area contributed by atoms with E-state index in [0.29, 0.717) is 22.4 Å². The molecule has 3 aromatic rings. The number of hydrogen-bond acceptors (Lipinski definition) is 3. The molecule has 2 aromatic carbocycles. The van der Waals surface area contributed by atoms with E-state index in [0.717, 1.165) is 4.47 Å². The minimum Gasteiger partial charge on any atom is -0.408 e. The molecule has 4 nitrogen and oxygen atoms in total. The minimum absolute atomic E-state index is 0.216. The number of fused-ring (bicyclic) bond motifs is 1. The molecule has 0 atom stereocenters. The van der Waals surface area contributed by atoms with Crippen molar-refractivity contribution < 1.29 is 8.81 Å². The quantitative estimate of drug-likeness (QED) is 0.731. The van der Waals surface area contributed by atoms with Gasteiger partial charge in [-0.05, 0) is 35.9 Å². The normalized spacial score (nSPS) is 11.1. The van der Waals surface area contributed by atoms with Crippen molar-refractivity contribution in [2.45, 2.75) is 6.54 Å². The van der Waals surface area contributed by atoms with Gasteiger partial charge in [-0.15, -0.1) is 0 Å². The molecule has 0 bridgehead atoms. The number of aromatic nitrogens is 1. The van der Waals surface area contributed by atoms with Crippen molar-refractivity contribution in [2.75, 3.05) is 5.73 Å². The van der Waals surface area contributed by atoms with Gasteiger partial charge in [0.05, 0.1) is 12.1 Å². The van der Waals surface area contributed by atoms with Crippen LogP contribution in [0, 0.1) is 5.82 Å². The van der Waals surface area contributed by atoms with E-state index in [-0.39, 0.29) is 12.4 Å². The number of nitrogen functional groups attached to an aromatic ring is 1. The van der Waals surface area contributed by atoms with Gasteiger partial charge < -0.3 is 10.2 Å². The third-order valence-electron chi connectivity index (χ3n) is 3.03. The largest absolute Gasteiger partial charge is 0.420 e. The highest BCUT2D eigenvalue weighted by molar-refractivity contribution is 9.10. The van der Waals surface area contributed by atoms with E-state index in [1.165, 1.54) is 16.7 Å². The van der Waals surface area contributed by atoms with Crippen molar-refractivity contribution in [2.24, 2.45) is 0 Å². The molecule has 0 saturated carbocycles. The molecule has 1 aromatic heterocycles. The lowest BCUT2D eigenvalue weighted by atomic mass is 10.2. The summed E-state index contributed by atoms with van der Waals surface area (Å²) in [5.41, 5.74) is 7.87. The zero-order valence-corrected chi connectivity index (χ0v) is 11.9. The maximum Gasteiger partial charge on any atom is 0.420 e. The highest BCUT2D eigenvalue weighted by atomic mass is 79.9. The van der Waals surface area contributed by atoms with Gasteiger partial charge in [0, 0.05) is 16.2 Å². The van der Waals surface area contributed by atoms with Crippen molar-refractivity contribution in [1.29, 1.82) is 0 Å². The Labute approximate surface area is 121 Å². The Hall–Kier alpha value is -2.08. The minimum atomic E-state index is -0.498. The fraction of sp³-hybridized carbons (Fsp3) is 0.0714. The SMILES string of the molecule is Nc1ccc2c(c1)oc(=O)n2Cc1cc(F)ccc1Br. The molecule has 0 fully saturated rings. The number of anilines is 1. The molecule has 6 heteroatoms. The number of oxazole rings is 1. The number of nitrogens with two attached hydrogens (primary N) is 1. The maximum atomic E-state index is 13.3. The molecule has 0 unspecified atom stereocenters. The summed E-state index contributed by atoms with van der Waals surface area (Å²) in [6.45, 7) is 0.216. The third-order valence-corrected chi connectivity index (χ3v) is 3.80. The third kappa shape index (κ3) is 2.22. The fourth-order valence-corrected chi connectivity index (χ4v) is 2.44. The first-order valence-electron chi connectivity index (χ1n) is 5.87. The van der Waals surface area contributed by atoms with Crippen LogP contribution in [0.5, 0.6) is 0 Å². The Balaban J connectivity index is 2.13. The summed E-state index contributed by atoms with van der Waals surface area (Å²) in [6, 6.07) is 9.33. The molecule has 0 aliphatic rings. The van der Waals surface area contributed by atoms with E-state index >= 15 is 0 Å². The smallest absolute Gasteiger partial charge is 0.408 e. The summed E-state index contributed by atoms with van der Waals surface area (Å²) in [4.78, 5) is 11.9. The molecular weight excluding hydrogens is 327 g/mol. The molecule has 1 heterocycles. The number of halogens is 2. The molecule has 0 amide bonds. The highest BCUT2D eigenvalue weighted by Crippen LogP contribution is 2.21. The topological polar surface area (TPSA) is 61.2 Å². The van der Waals surface area contributed by atoms with Crippen LogP contribution in [0.25, 0.3) is 11.1 Å². The van der Waals surface area contributed by atoms with Gasteiger partial charge in [0.25, 0.3) is 0 Å². The monoisotopic (exact) mass is 336 g/mol. The molecule has 102 valence electrons. The number of nitrogens with zero attached hydrogens (tertiary/aromatic N) is 1. The zero-order chi connectivity index (χ0) is 14.3. The van der Waals surface area contributed by atoms with Crippen LogP contribution in [0.2, 0.25) is 0 Å². The summed E-state index contributed by atoms with van der Waals surface area (Å²) >= 11 is 3.34. The summed E-state index contributed by atoms with van der Waals surface area (Å²) in [5, 5.41) is 0.